The Morgan fingerprint density at radius 3 is 2.95 bits per heavy atom. The molecule has 0 unspecified atom stereocenters. The van der Waals surface area contributed by atoms with E-state index in [9.17, 15) is 14.9 Å². The standard InChI is InChI=1S/C15H15N3O4/c1-8-11(14(19)21-2)3-9(4-16)13(17-8)18-5-10-7-22-15(20)12(10)6-18/h3,10,12H,5-7H2,1-2H3/t10-,12-/m1/s1. The molecule has 0 amide bonds. The summed E-state index contributed by atoms with van der Waals surface area (Å²) in [5.41, 5.74) is 1.08. The van der Waals surface area contributed by atoms with E-state index in [1.165, 1.54) is 13.2 Å². The average Bonchev–Trinajstić information content (AvgIpc) is 3.08. The molecule has 2 aliphatic heterocycles. The molecule has 0 N–H and O–H groups in total. The third-order valence-electron chi connectivity index (χ3n) is 4.20. The highest BCUT2D eigenvalue weighted by atomic mass is 16.5. The number of rotatable bonds is 2. The average molecular weight is 301 g/mol. The molecule has 0 aromatic carbocycles. The predicted octanol–water partition coefficient (Wildman–Crippen LogP) is 0.657. The summed E-state index contributed by atoms with van der Waals surface area (Å²) in [7, 11) is 1.29. The number of fused-ring (bicyclic) bond motifs is 1. The minimum absolute atomic E-state index is 0.140. The van der Waals surface area contributed by atoms with Crippen LogP contribution in [0.5, 0.6) is 0 Å². The summed E-state index contributed by atoms with van der Waals surface area (Å²) >= 11 is 0. The summed E-state index contributed by atoms with van der Waals surface area (Å²) < 4.78 is 9.73. The number of methoxy groups -OCH3 is 1. The maximum atomic E-state index is 11.7. The largest absolute Gasteiger partial charge is 0.465 e. The number of hydrogen-bond donors (Lipinski definition) is 0. The van der Waals surface area contributed by atoms with Gasteiger partial charge in [0.15, 0.2) is 0 Å². The second-order valence-corrected chi connectivity index (χ2v) is 5.50. The van der Waals surface area contributed by atoms with Gasteiger partial charge in [0.25, 0.3) is 0 Å². The number of aryl methyl sites for hydroxylation is 1. The molecule has 7 heteroatoms. The van der Waals surface area contributed by atoms with Gasteiger partial charge < -0.3 is 14.4 Å². The molecule has 3 heterocycles. The molecule has 0 saturated carbocycles. The zero-order valence-corrected chi connectivity index (χ0v) is 12.3. The van der Waals surface area contributed by atoms with E-state index in [1.54, 1.807) is 6.92 Å². The monoisotopic (exact) mass is 301 g/mol. The molecule has 7 nitrogen and oxygen atoms in total. The van der Waals surface area contributed by atoms with Gasteiger partial charge in [-0.05, 0) is 13.0 Å². The Hall–Kier alpha value is -2.62. The van der Waals surface area contributed by atoms with E-state index in [4.69, 9.17) is 9.47 Å². The van der Waals surface area contributed by atoms with E-state index in [-0.39, 0.29) is 23.4 Å². The van der Waals surface area contributed by atoms with E-state index >= 15 is 0 Å². The van der Waals surface area contributed by atoms with E-state index in [0.717, 1.165) is 0 Å². The van der Waals surface area contributed by atoms with E-state index in [0.29, 0.717) is 36.8 Å². The lowest BCUT2D eigenvalue weighted by molar-refractivity contribution is -0.140. The van der Waals surface area contributed by atoms with Crippen molar-refractivity contribution in [3.63, 3.8) is 0 Å². The molecular weight excluding hydrogens is 286 g/mol. The van der Waals surface area contributed by atoms with Gasteiger partial charge in [0.05, 0.1) is 36.5 Å². The molecule has 0 aliphatic carbocycles. The van der Waals surface area contributed by atoms with Gasteiger partial charge in [-0.15, -0.1) is 0 Å². The van der Waals surface area contributed by atoms with Gasteiger partial charge in [-0.25, -0.2) is 9.78 Å². The molecular formula is C15H15N3O4. The molecule has 2 saturated heterocycles. The number of ether oxygens (including phenoxy) is 2. The molecule has 3 rings (SSSR count). The maximum absolute atomic E-state index is 11.7. The van der Waals surface area contributed by atoms with Crippen molar-refractivity contribution in [2.75, 3.05) is 31.7 Å². The van der Waals surface area contributed by atoms with Crippen LogP contribution in [0.15, 0.2) is 6.07 Å². The summed E-state index contributed by atoms with van der Waals surface area (Å²) in [5.74, 6) is -0.214. The number of pyridine rings is 1. The van der Waals surface area contributed by atoms with Crippen LogP contribution in [0.1, 0.15) is 21.6 Å². The minimum Gasteiger partial charge on any atom is -0.465 e. The Bertz CT molecular complexity index is 695. The second kappa shape index (κ2) is 5.30. The third kappa shape index (κ3) is 2.17. The fraction of sp³-hybridized carbons (Fsp3) is 0.467. The summed E-state index contributed by atoms with van der Waals surface area (Å²) in [4.78, 5) is 29.6. The molecule has 1 aromatic heterocycles. The molecule has 114 valence electrons. The molecule has 22 heavy (non-hydrogen) atoms. The van der Waals surface area contributed by atoms with Crippen molar-refractivity contribution < 1.29 is 19.1 Å². The highest BCUT2D eigenvalue weighted by Gasteiger charge is 2.44. The first-order valence-electron chi connectivity index (χ1n) is 6.96. The molecule has 0 spiro atoms. The number of carbonyl (C=O) groups excluding carboxylic acids is 2. The van der Waals surface area contributed by atoms with Crippen LogP contribution in [0.3, 0.4) is 0 Å². The van der Waals surface area contributed by atoms with Crippen LogP contribution in [-0.2, 0) is 14.3 Å². The highest BCUT2D eigenvalue weighted by molar-refractivity contribution is 5.91. The Kier molecular flexibility index (Phi) is 3.45. The normalized spacial score (nSPS) is 23.0. The van der Waals surface area contributed by atoms with Crippen LogP contribution in [0.2, 0.25) is 0 Å². The molecule has 2 fully saturated rings. The van der Waals surface area contributed by atoms with Crippen LogP contribution in [0.4, 0.5) is 5.82 Å². The molecule has 0 bridgehead atoms. The maximum Gasteiger partial charge on any atom is 0.339 e. The first-order valence-corrected chi connectivity index (χ1v) is 6.96. The van der Waals surface area contributed by atoms with Crippen LogP contribution < -0.4 is 4.90 Å². The zero-order chi connectivity index (χ0) is 15.9. The van der Waals surface area contributed by atoms with Gasteiger partial charge in [-0.3, -0.25) is 4.79 Å². The van der Waals surface area contributed by atoms with E-state index in [2.05, 4.69) is 11.1 Å². The van der Waals surface area contributed by atoms with Crippen molar-refractivity contribution in [1.29, 1.82) is 5.26 Å². The topological polar surface area (TPSA) is 92.5 Å². The number of carbonyl (C=O) groups is 2. The minimum atomic E-state index is -0.519. The third-order valence-corrected chi connectivity index (χ3v) is 4.20. The van der Waals surface area contributed by atoms with Gasteiger partial charge in [-0.1, -0.05) is 0 Å². The Labute approximate surface area is 127 Å². The van der Waals surface area contributed by atoms with E-state index in [1.807, 2.05) is 4.90 Å². The quantitative estimate of drug-likeness (QED) is 0.741. The van der Waals surface area contributed by atoms with Crippen molar-refractivity contribution >= 4 is 17.8 Å². The van der Waals surface area contributed by atoms with Crippen LogP contribution >= 0.6 is 0 Å². The fourth-order valence-electron chi connectivity index (χ4n) is 3.01. The summed E-state index contributed by atoms with van der Waals surface area (Å²) in [6.07, 6.45) is 0. The summed E-state index contributed by atoms with van der Waals surface area (Å²) in [5, 5.41) is 9.34. The first kappa shape index (κ1) is 14.3. The smallest absolute Gasteiger partial charge is 0.339 e. The van der Waals surface area contributed by atoms with Crippen molar-refractivity contribution in [2.24, 2.45) is 11.8 Å². The Morgan fingerprint density at radius 1 is 1.55 bits per heavy atom. The van der Waals surface area contributed by atoms with Crippen molar-refractivity contribution in [3.8, 4) is 6.07 Å². The lowest BCUT2D eigenvalue weighted by Gasteiger charge is -2.20. The van der Waals surface area contributed by atoms with Crippen molar-refractivity contribution in [1.82, 2.24) is 4.98 Å². The van der Waals surface area contributed by atoms with Crippen LogP contribution in [0.25, 0.3) is 0 Å². The number of aromatic nitrogens is 1. The number of cyclic esters (lactones) is 1. The fourth-order valence-corrected chi connectivity index (χ4v) is 3.01. The van der Waals surface area contributed by atoms with Crippen LogP contribution in [-0.4, -0.2) is 43.7 Å². The van der Waals surface area contributed by atoms with Gasteiger partial charge >= 0.3 is 11.9 Å². The van der Waals surface area contributed by atoms with Gasteiger partial charge in [0.2, 0.25) is 0 Å². The SMILES string of the molecule is COC(=O)c1cc(C#N)c(N2C[C@@H]3COC(=O)[C@@H]3C2)nc1C. The van der Waals surface area contributed by atoms with Crippen LogP contribution in [0, 0.1) is 30.1 Å². The zero-order valence-electron chi connectivity index (χ0n) is 12.3. The van der Waals surface area contributed by atoms with Gasteiger partial charge in [-0.2, -0.15) is 5.26 Å². The molecule has 2 atom stereocenters. The molecule has 2 aliphatic rings. The lowest BCUT2D eigenvalue weighted by Crippen LogP contribution is -2.26. The number of nitrogens with zero attached hydrogens (tertiary/aromatic N) is 3. The van der Waals surface area contributed by atoms with Gasteiger partial charge in [0, 0.05) is 19.0 Å². The Morgan fingerprint density at radius 2 is 2.32 bits per heavy atom. The molecule has 0 radical (unpaired) electrons. The van der Waals surface area contributed by atoms with Gasteiger partial charge in [0.1, 0.15) is 11.9 Å². The van der Waals surface area contributed by atoms with E-state index < -0.39 is 5.97 Å². The van der Waals surface area contributed by atoms with Crippen molar-refractivity contribution in [2.45, 2.75) is 6.92 Å². The highest BCUT2D eigenvalue weighted by Crippen LogP contribution is 2.34. The number of hydrogen-bond acceptors (Lipinski definition) is 7. The summed E-state index contributed by atoms with van der Waals surface area (Å²) in [6, 6.07) is 3.56. The second-order valence-electron chi connectivity index (χ2n) is 5.50. The predicted molar refractivity (Wildman–Crippen MR) is 75.2 cm³/mol. The first-order chi connectivity index (χ1) is 10.5. The molecule has 1 aromatic rings. The lowest BCUT2D eigenvalue weighted by atomic mass is 10.0. The number of anilines is 1. The Balaban J connectivity index is 1.95. The summed E-state index contributed by atoms with van der Waals surface area (Å²) in [6.45, 7) is 3.22. The number of esters is 2. The van der Waals surface area contributed by atoms with Crippen molar-refractivity contribution in [3.05, 3.63) is 22.9 Å². The number of nitriles is 1.